The first-order valence-electron chi connectivity index (χ1n) is 10.7. The van der Waals surface area contributed by atoms with E-state index in [9.17, 15) is 24.1 Å². The Balaban J connectivity index is 1.27. The van der Waals surface area contributed by atoms with Crippen LogP contribution in [0.25, 0.3) is 0 Å². The molecule has 1 unspecified atom stereocenters. The van der Waals surface area contributed by atoms with Gasteiger partial charge < -0.3 is 14.7 Å². The number of hydrogen-bond donors (Lipinski definition) is 0. The molecule has 2 amide bonds. The molecule has 2 saturated heterocycles. The van der Waals surface area contributed by atoms with Gasteiger partial charge in [0.2, 0.25) is 11.8 Å². The van der Waals surface area contributed by atoms with Crippen molar-refractivity contribution in [2.45, 2.75) is 12.8 Å². The van der Waals surface area contributed by atoms with Gasteiger partial charge >= 0.3 is 0 Å². The predicted octanol–water partition coefficient (Wildman–Crippen LogP) is 2.47. The van der Waals surface area contributed by atoms with Gasteiger partial charge in [0.05, 0.1) is 10.8 Å². The smallest absolute Gasteiger partial charge is 0.269 e. The number of anilines is 1. The minimum absolute atomic E-state index is 0.00554. The Morgan fingerprint density at radius 2 is 1.69 bits per heavy atom. The number of piperazine rings is 1. The third kappa shape index (κ3) is 4.87. The van der Waals surface area contributed by atoms with Gasteiger partial charge in [0, 0.05) is 63.5 Å². The second-order valence-electron chi connectivity index (χ2n) is 8.20. The number of non-ortho nitro benzene ring substituents is 1. The van der Waals surface area contributed by atoms with Crippen LogP contribution in [0.2, 0.25) is 0 Å². The SMILES string of the molecule is O=C1CC(C(=O)N2CCN(c3ccc([N+](=O)[O-])cc3)CC2)CN1CCc1ccc(F)cc1. The molecule has 0 saturated carbocycles. The van der Waals surface area contributed by atoms with Crippen LogP contribution < -0.4 is 4.90 Å². The van der Waals surface area contributed by atoms with E-state index in [0.717, 1.165) is 11.3 Å². The van der Waals surface area contributed by atoms with Gasteiger partial charge in [-0.05, 0) is 36.2 Å². The maximum atomic E-state index is 13.0. The second kappa shape index (κ2) is 9.33. The highest BCUT2D eigenvalue weighted by Gasteiger charge is 2.37. The van der Waals surface area contributed by atoms with Crippen LogP contribution in [0.15, 0.2) is 48.5 Å². The molecule has 2 aliphatic rings. The molecule has 2 aliphatic heterocycles. The van der Waals surface area contributed by atoms with E-state index in [0.29, 0.717) is 45.7 Å². The van der Waals surface area contributed by atoms with E-state index in [4.69, 9.17) is 0 Å². The third-order valence-electron chi connectivity index (χ3n) is 6.16. The standard InChI is InChI=1S/C23H25FN4O4/c24-19-3-1-17(2-4-19)9-10-27-16-18(15-22(27)29)23(30)26-13-11-25(12-14-26)20-5-7-21(8-6-20)28(31)32/h1-8,18H,9-16H2. The summed E-state index contributed by atoms with van der Waals surface area (Å²) >= 11 is 0. The molecule has 0 bridgehead atoms. The van der Waals surface area contributed by atoms with Gasteiger partial charge in [-0.3, -0.25) is 19.7 Å². The summed E-state index contributed by atoms with van der Waals surface area (Å²) < 4.78 is 13.0. The van der Waals surface area contributed by atoms with Crippen LogP contribution in [-0.2, 0) is 16.0 Å². The fourth-order valence-corrected chi connectivity index (χ4v) is 4.30. The van der Waals surface area contributed by atoms with Crippen LogP contribution in [0.3, 0.4) is 0 Å². The molecule has 9 heteroatoms. The van der Waals surface area contributed by atoms with E-state index < -0.39 is 4.92 Å². The van der Waals surface area contributed by atoms with Crippen LogP contribution in [0.1, 0.15) is 12.0 Å². The van der Waals surface area contributed by atoms with Crippen LogP contribution >= 0.6 is 0 Å². The molecule has 2 heterocycles. The summed E-state index contributed by atoms with van der Waals surface area (Å²) in [6, 6.07) is 12.7. The largest absolute Gasteiger partial charge is 0.368 e. The first kappa shape index (κ1) is 21.7. The van der Waals surface area contributed by atoms with Crippen molar-refractivity contribution in [2.24, 2.45) is 5.92 Å². The number of nitro groups is 1. The summed E-state index contributed by atoms with van der Waals surface area (Å²) in [6.45, 7) is 3.31. The molecule has 0 aromatic heterocycles. The van der Waals surface area contributed by atoms with Gasteiger partial charge in [-0.15, -0.1) is 0 Å². The first-order valence-corrected chi connectivity index (χ1v) is 10.7. The summed E-state index contributed by atoms with van der Waals surface area (Å²) in [5.74, 6) is -0.632. The summed E-state index contributed by atoms with van der Waals surface area (Å²) in [5.41, 5.74) is 1.90. The van der Waals surface area contributed by atoms with E-state index in [1.165, 1.54) is 24.3 Å². The lowest BCUT2D eigenvalue weighted by Gasteiger charge is -2.37. The van der Waals surface area contributed by atoms with E-state index in [-0.39, 0.29) is 35.7 Å². The fourth-order valence-electron chi connectivity index (χ4n) is 4.30. The lowest BCUT2D eigenvalue weighted by Crippen LogP contribution is -2.50. The number of nitrogens with zero attached hydrogens (tertiary/aromatic N) is 4. The molecule has 0 spiro atoms. The van der Waals surface area contributed by atoms with Crippen molar-refractivity contribution < 1.29 is 18.9 Å². The number of carbonyl (C=O) groups is 2. The molecule has 1 atom stereocenters. The summed E-state index contributed by atoms with van der Waals surface area (Å²) in [4.78, 5) is 41.4. The van der Waals surface area contributed by atoms with Gasteiger partial charge in [0.1, 0.15) is 5.82 Å². The minimum Gasteiger partial charge on any atom is -0.368 e. The molecule has 2 fully saturated rings. The molecular formula is C23H25FN4O4. The summed E-state index contributed by atoms with van der Waals surface area (Å²) in [7, 11) is 0. The van der Waals surface area contributed by atoms with E-state index in [1.807, 2.05) is 4.90 Å². The topological polar surface area (TPSA) is 87.0 Å². The van der Waals surface area contributed by atoms with Crippen molar-refractivity contribution in [3.8, 4) is 0 Å². The number of rotatable bonds is 6. The molecule has 0 radical (unpaired) electrons. The molecule has 32 heavy (non-hydrogen) atoms. The van der Waals surface area contributed by atoms with E-state index in [2.05, 4.69) is 4.90 Å². The highest BCUT2D eigenvalue weighted by atomic mass is 19.1. The van der Waals surface area contributed by atoms with Crippen molar-refractivity contribution >= 4 is 23.2 Å². The van der Waals surface area contributed by atoms with Gasteiger partial charge in [-0.1, -0.05) is 12.1 Å². The van der Waals surface area contributed by atoms with Crippen LogP contribution in [-0.4, -0.2) is 65.8 Å². The Morgan fingerprint density at radius 3 is 2.31 bits per heavy atom. The summed E-state index contributed by atoms with van der Waals surface area (Å²) in [5, 5.41) is 10.8. The molecular weight excluding hydrogens is 415 g/mol. The average Bonchev–Trinajstić information content (AvgIpc) is 3.19. The van der Waals surface area contributed by atoms with E-state index in [1.54, 1.807) is 29.2 Å². The van der Waals surface area contributed by atoms with Crippen molar-refractivity contribution in [3.63, 3.8) is 0 Å². The Hall–Kier alpha value is -3.49. The molecule has 2 aromatic rings. The number of nitro benzene ring substituents is 1. The molecule has 168 valence electrons. The molecule has 8 nitrogen and oxygen atoms in total. The highest BCUT2D eigenvalue weighted by molar-refractivity contribution is 5.89. The number of carbonyl (C=O) groups excluding carboxylic acids is 2. The molecule has 0 N–H and O–H groups in total. The third-order valence-corrected chi connectivity index (χ3v) is 6.16. The Bertz CT molecular complexity index is 988. The van der Waals surface area contributed by atoms with Gasteiger partial charge in [-0.25, -0.2) is 4.39 Å². The van der Waals surface area contributed by atoms with Crippen LogP contribution in [0.5, 0.6) is 0 Å². The maximum absolute atomic E-state index is 13.0. The Kier molecular flexibility index (Phi) is 6.34. The minimum atomic E-state index is -0.424. The second-order valence-corrected chi connectivity index (χ2v) is 8.20. The monoisotopic (exact) mass is 440 g/mol. The van der Waals surface area contributed by atoms with Crippen LogP contribution in [0.4, 0.5) is 15.8 Å². The number of hydrogen-bond acceptors (Lipinski definition) is 5. The van der Waals surface area contributed by atoms with Gasteiger partial charge in [-0.2, -0.15) is 0 Å². The van der Waals surface area contributed by atoms with Gasteiger partial charge in [0.15, 0.2) is 0 Å². The number of benzene rings is 2. The number of likely N-dealkylation sites (tertiary alicyclic amines) is 1. The fraction of sp³-hybridized carbons (Fsp3) is 0.391. The Labute approximate surface area is 185 Å². The lowest BCUT2D eigenvalue weighted by molar-refractivity contribution is -0.384. The molecule has 4 rings (SSSR count). The lowest BCUT2D eigenvalue weighted by atomic mass is 10.1. The number of halogens is 1. The van der Waals surface area contributed by atoms with E-state index >= 15 is 0 Å². The normalized spacial score (nSPS) is 18.8. The van der Waals surface area contributed by atoms with Crippen molar-refractivity contribution in [3.05, 3.63) is 70.0 Å². The first-order chi connectivity index (χ1) is 15.4. The quantitative estimate of drug-likeness (QED) is 0.509. The molecule has 2 aromatic carbocycles. The molecule has 0 aliphatic carbocycles. The zero-order valence-corrected chi connectivity index (χ0v) is 17.7. The van der Waals surface area contributed by atoms with Gasteiger partial charge in [0.25, 0.3) is 5.69 Å². The summed E-state index contributed by atoms with van der Waals surface area (Å²) in [6.07, 6.45) is 0.853. The zero-order chi connectivity index (χ0) is 22.7. The average molecular weight is 440 g/mol. The Morgan fingerprint density at radius 1 is 1.03 bits per heavy atom. The van der Waals surface area contributed by atoms with Crippen molar-refractivity contribution in [1.29, 1.82) is 0 Å². The van der Waals surface area contributed by atoms with Crippen molar-refractivity contribution in [2.75, 3.05) is 44.2 Å². The predicted molar refractivity (Wildman–Crippen MR) is 117 cm³/mol. The number of amides is 2. The maximum Gasteiger partial charge on any atom is 0.269 e. The van der Waals surface area contributed by atoms with Crippen LogP contribution in [0, 0.1) is 21.8 Å². The zero-order valence-electron chi connectivity index (χ0n) is 17.7. The highest BCUT2D eigenvalue weighted by Crippen LogP contribution is 2.24. The van der Waals surface area contributed by atoms with Crippen molar-refractivity contribution in [1.82, 2.24) is 9.80 Å².